The summed E-state index contributed by atoms with van der Waals surface area (Å²) in [6.07, 6.45) is 0.939. The maximum Gasteiger partial charge on any atom is 0.123 e. The molecule has 0 spiro atoms. The van der Waals surface area contributed by atoms with Gasteiger partial charge >= 0.3 is 0 Å². The van der Waals surface area contributed by atoms with Gasteiger partial charge in [0.05, 0.1) is 32.5 Å². The molecule has 0 aliphatic carbocycles. The van der Waals surface area contributed by atoms with Gasteiger partial charge in [-0.05, 0) is 38.5 Å². The van der Waals surface area contributed by atoms with Gasteiger partial charge in [-0.2, -0.15) is 0 Å². The fourth-order valence-electron chi connectivity index (χ4n) is 1.64. The van der Waals surface area contributed by atoms with E-state index >= 15 is 0 Å². The van der Waals surface area contributed by atoms with Crippen LogP contribution in [0.4, 0.5) is 0 Å². The van der Waals surface area contributed by atoms with Crippen LogP contribution in [-0.4, -0.2) is 26.4 Å². The van der Waals surface area contributed by atoms with Gasteiger partial charge in [0.1, 0.15) is 11.5 Å². The summed E-state index contributed by atoms with van der Waals surface area (Å²) in [4.78, 5) is 0. The number of methoxy groups -OCH3 is 2. The molecule has 0 aliphatic heterocycles. The van der Waals surface area contributed by atoms with E-state index in [1.54, 1.807) is 14.2 Å². The Balaban J connectivity index is 2.82. The first-order chi connectivity index (χ1) is 8.93. The summed E-state index contributed by atoms with van der Waals surface area (Å²) < 4.78 is 16.4. The third kappa shape index (κ3) is 4.40. The topological polar surface area (TPSA) is 53.7 Å². The summed E-state index contributed by atoms with van der Waals surface area (Å²) in [5.74, 6) is 1.52. The second-order valence-electron chi connectivity index (χ2n) is 5.14. The lowest BCUT2D eigenvalue weighted by Crippen LogP contribution is -2.28. The molecular formula is C15H25NO3. The minimum atomic E-state index is -0.240. The van der Waals surface area contributed by atoms with Gasteiger partial charge < -0.3 is 19.9 Å². The molecule has 1 unspecified atom stereocenters. The van der Waals surface area contributed by atoms with Gasteiger partial charge in [-0.15, -0.1) is 0 Å². The number of ether oxygens (including phenoxy) is 3. The van der Waals surface area contributed by atoms with E-state index < -0.39 is 0 Å². The van der Waals surface area contributed by atoms with Crippen molar-refractivity contribution in [3.05, 3.63) is 23.8 Å². The second kappa shape index (κ2) is 6.78. The van der Waals surface area contributed by atoms with E-state index in [1.165, 1.54) is 0 Å². The van der Waals surface area contributed by atoms with Crippen LogP contribution in [0.2, 0.25) is 0 Å². The zero-order valence-corrected chi connectivity index (χ0v) is 12.5. The minimum absolute atomic E-state index is 0.163. The highest BCUT2D eigenvalue weighted by Gasteiger charge is 2.19. The lowest BCUT2D eigenvalue weighted by Gasteiger charge is -2.26. The molecular weight excluding hydrogens is 242 g/mol. The Morgan fingerprint density at radius 3 is 2.42 bits per heavy atom. The molecule has 0 heterocycles. The van der Waals surface area contributed by atoms with E-state index in [0.717, 1.165) is 23.5 Å². The van der Waals surface area contributed by atoms with Gasteiger partial charge in [-0.1, -0.05) is 6.92 Å². The lowest BCUT2D eigenvalue weighted by atomic mass is 10.0. The predicted octanol–water partition coefficient (Wildman–Crippen LogP) is 2.91. The van der Waals surface area contributed by atoms with Crippen LogP contribution in [0, 0.1) is 0 Å². The van der Waals surface area contributed by atoms with Gasteiger partial charge in [0, 0.05) is 5.56 Å². The number of rotatable bonds is 7. The van der Waals surface area contributed by atoms with E-state index in [2.05, 4.69) is 20.8 Å². The summed E-state index contributed by atoms with van der Waals surface area (Å²) in [5.41, 5.74) is 6.93. The molecule has 0 saturated heterocycles. The Hall–Kier alpha value is -1.26. The first-order valence-corrected chi connectivity index (χ1v) is 6.55. The van der Waals surface area contributed by atoms with Gasteiger partial charge in [-0.3, -0.25) is 0 Å². The molecule has 1 atom stereocenters. The highest BCUT2D eigenvalue weighted by Crippen LogP contribution is 2.29. The first-order valence-electron chi connectivity index (χ1n) is 6.55. The zero-order valence-electron chi connectivity index (χ0n) is 12.5. The summed E-state index contributed by atoms with van der Waals surface area (Å²) >= 11 is 0. The fourth-order valence-corrected chi connectivity index (χ4v) is 1.64. The quantitative estimate of drug-likeness (QED) is 0.825. The van der Waals surface area contributed by atoms with Crippen molar-refractivity contribution in [2.45, 2.75) is 38.8 Å². The van der Waals surface area contributed by atoms with E-state index in [-0.39, 0.29) is 11.6 Å². The molecule has 1 aromatic rings. The van der Waals surface area contributed by atoms with Crippen LogP contribution in [0.1, 0.15) is 38.8 Å². The van der Waals surface area contributed by atoms with Crippen LogP contribution in [0.5, 0.6) is 11.5 Å². The molecule has 1 aromatic carbocycles. The van der Waals surface area contributed by atoms with Gasteiger partial charge in [0.15, 0.2) is 0 Å². The number of hydrogen-bond donors (Lipinski definition) is 1. The van der Waals surface area contributed by atoms with Crippen LogP contribution in [-0.2, 0) is 4.74 Å². The highest BCUT2D eigenvalue weighted by molar-refractivity contribution is 5.42. The standard InChI is InChI=1S/C15H25NO3/c1-6-15(2,3)19-10-13(16)12-9-11(17-4)7-8-14(12)18-5/h7-9,13H,6,10,16H2,1-5H3. The third-order valence-electron chi connectivity index (χ3n) is 3.34. The lowest BCUT2D eigenvalue weighted by molar-refractivity contribution is -0.0269. The summed E-state index contributed by atoms with van der Waals surface area (Å²) in [6.45, 7) is 6.66. The highest BCUT2D eigenvalue weighted by atomic mass is 16.5. The fraction of sp³-hybridized carbons (Fsp3) is 0.600. The Labute approximate surface area is 115 Å². The molecule has 0 bridgehead atoms. The third-order valence-corrected chi connectivity index (χ3v) is 3.34. The van der Waals surface area contributed by atoms with Crippen molar-refractivity contribution >= 4 is 0 Å². The van der Waals surface area contributed by atoms with Crippen molar-refractivity contribution in [2.24, 2.45) is 5.73 Å². The van der Waals surface area contributed by atoms with Crippen molar-refractivity contribution < 1.29 is 14.2 Å². The molecule has 0 saturated carbocycles. The number of nitrogens with two attached hydrogens (primary N) is 1. The van der Waals surface area contributed by atoms with Crippen molar-refractivity contribution in [2.75, 3.05) is 20.8 Å². The first kappa shape index (κ1) is 15.8. The molecule has 0 aromatic heterocycles. The zero-order chi connectivity index (χ0) is 14.5. The summed E-state index contributed by atoms with van der Waals surface area (Å²) in [5, 5.41) is 0. The van der Waals surface area contributed by atoms with Crippen LogP contribution < -0.4 is 15.2 Å². The van der Waals surface area contributed by atoms with Crippen LogP contribution in [0.25, 0.3) is 0 Å². The smallest absolute Gasteiger partial charge is 0.123 e. The van der Waals surface area contributed by atoms with Gasteiger partial charge in [0.2, 0.25) is 0 Å². The Morgan fingerprint density at radius 2 is 1.89 bits per heavy atom. The molecule has 19 heavy (non-hydrogen) atoms. The molecule has 108 valence electrons. The number of benzene rings is 1. The monoisotopic (exact) mass is 267 g/mol. The normalized spacial score (nSPS) is 13.2. The van der Waals surface area contributed by atoms with Crippen LogP contribution in [0.3, 0.4) is 0 Å². The van der Waals surface area contributed by atoms with E-state index in [1.807, 2.05) is 18.2 Å². The molecule has 0 aliphatic rings. The van der Waals surface area contributed by atoms with Crippen molar-refractivity contribution in [1.29, 1.82) is 0 Å². The van der Waals surface area contributed by atoms with Crippen LogP contribution >= 0.6 is 0 Å². The minimum Gasteiger partial charge on any atom is -0.497 e. The van der Waals surface area contributed by atoms with E-state index in [0.29, 0.717) is 6.61 Å². The Kier molecular flexibility index (Phi) is 5.63. The average Bonchev–Trinajstić information content (AvgIpc) is 2.44. The predicted molar refractivity (Wildman–Crippen MR) is 76.8 cm³/mol. The molecule has 2 N–H and O–H groups in total. The number of hydrogen-bond acceptors (Lipinski definition) is 4. The maximum absolute atomic E-state index is 6.20. The van der Waals surface area contributed by atoms with Crippen molar-refractivity contribution in [1.82, 2.24) is 0 Å². The molecule has 0 fully saturated rings. The molecule has 0 radical (unpaired) electrons. The second-order valence-corrected chi connectivity index (χ2v) is 5.14. The van der Waals surface area contributed by atoms with Crippen LogP contribution in [0.15, 0.2) is 18.2 Å². The Morgan fingerprint density at radius 1 is 1.21 bits per heavy atom. The molecule has 4 nitrogen and oxygen atoms in total. The summed E-state index contributed by atoms with van der Waals surface area (Å²) in [7, 11) is 3.27. The average molecular weight is 267 g/mol. The van der Waals surface area contributed by atoms with Crippen molar-refractivity contribution in [3.8, 4) is 11.5 Å². The molecule has 0 amide bonds. The maximum atomic E-state index is 6.20. The van der Waals surface area contributed by atoms with E-state index in [4.69, 9.17) is 19.9 Å². The van der Waals surface area contributed by atoms with Crippen molar-refractivity contribution in [3.63, 3.8) is 0 Å². The SMILES string of the molecule is CCC(C)(C)OCC(N)c1cc(OC)ccc1OC. The van der Waals surface area contributed by atoms with E-state index in [9.17, 15) is 0 Å². The molecule has 4 heteroatoms. The van der Waals surface area contributed by atoms with Gasteiger partial charge in [0.25, 0.3) is 0 Å². The molecule has 1 rings (SSSR count). The largest absolute Gasteiger partial charge is 0.497 e. The Bertz CT molecular complexity index is 404. The van der Waals surface area contributed by atoms with Gasteiger partial charge in [-0.25, -0.2) is 0 Å². The summed E-state index contributed by atoms with van der Waals surface area (Å²) in [6, 6.07) is 5.37.